The highest BCUT2D eigenvalue weighted by Crippen LogP contribution is 2.24. The summed E-state index contributed by atoms with van der Waals surface area (Å²) in [6, 6.07) is 8.70. The minimum absolute atomic E-state index is 0.733. The highest BCUT2D eigenvalue weighted by molar-refractivity contribution is 6.31. The van der Waals surface area contributed by atoms with Gasteiger partial charge in [-0.25, -0.2) is 0 Å². The van der Waals surface area contributed by atoms with Gasteiger partial charge in [0.1, 0.15) is 0 Å². The van der Waals surface area contributed by atoms with Crippen LogP contribution < -0.4 is 5.32 Å². The van der Waals surface area contributed by atoms with E-state index in [1.807, 2.05) is 30.5 Å². The van der Waals surface area contributed by atoms with Crippen LogP contribution in [-0.4, -0.2) is 35.6 Å². The fraction of sp³-hybridized carbons (Fsp3) is 0.500. The molecule has 118 valence electrons. The number of rotatable bonds is 5. The summed E-state index contributed by atoms with van der Waals surface area (Å²) in [6.45, 7) is 5.62. The monoisotopic (exact) mass is 317 g/mol. The molecular weight excluding hydrogens is 294 g/mol. The van der Waals surface area contributed by atoms with E-state index in [1.54, 1.807) is 0 Å². The van der Waals surface area contributed by atoms with Crippen molar-refractivity contribution in [2.75, 3.05) is 25.0 Å². The zero-order valence-corrected chi connectivity index (χ0v) is 13.9. The number of nitrogens with one attached hydrogen (secondary N) is 1. The van der Waals surface area contributed by atoms with Crippen molar-refractivity contribution in [2.24, 2.45) is 0 Å². The third-order valence-electron chi connectivity index (χ3n) is 4.64. The van der Waals surface area contributed by atoms with Gasteiger partial charge in [-0.1, -0.05) is 24.9 Å². The minimum atomic E-state index is 0.733. The van der Waals surface area contributed by atoms with Crippen LogP contribution in [0.3, 0.4) is 0 Å². The lowest BCUT2D eigenvalue weighted by Crippen LogP contribution is -2.41. The van der Waals surface area contributed by atoms with Crippen molar-refractivity contribution in [1.82, 2.24) is 9.88 Å². The van der Waals surface area contributed by atoms with Crippen LogP contribution in [0.4, 0.5) is 5.69 Å². The second kappa shape index (κ2) is 7.30. The minimum Gasteiger partial charge on any atom is -0.383 e. The molecule has 1 unspecified atom stereocenters. The summed E-state index contributed by atoms with van der Waals surface area (Å²) in [4.78, 5) is 7.03. The van der Waals surface area contributed by atoms with E-state index in [2.05, 4.69) is 22.1 Å². The first-order valence-electron chi connectivity index (χ1n) is 8.30. The predicted octanol–water partition coefficient (Wildman–Crippen LogP) is 4.56. The standard InChI is InChI=1S/C18H24ClN3/c1-2-15-5-3-4-11-22(15)12-10-21-17-8-9-20-18-13-14(19)6-7-16(17)18/h6-9,13,15H,2-5,10-12H2,1H3,(H,20,21). The van der Waals surface area contributed by atoms with E-state index in [-0.39, 0.29) is 0 Å². The van der Waals surface area contributed by atoms with Crippen LogP contribution >= 0.6 is 11.6 Å². The molecule has 1 aromatic carbocycles. The van der Waals surface area contributed by atoms with Gasteiger partial charge in [0.05, 0.1) is 5.52 Å². The van der Waals surface area contributed by atoms with Crippen molar-refractivity contribution < 1.29 is 0 Å². The molecule has 1 fully saturated rings. The van der Waals surface area contributed by atoms with Crippen LogP contribution in [0.2, 0.25) is 5.02 Å². The van der Waals surface area contributed by atoms with Crippen LogP contribution in [0.25, 0.3) is 10.9 Å². The summed E-state index contributed by atoms with van der Waals surface area (Å²) in [5, 5.41) is 5.44. The smallest absolute Gasteiger partial charge is 0.0737 e. The van der Waals surface area contributed by atoms with Gasteiger partial charge >= 0.3 is 0 Å². The van der Waals surface area contributed by atoms with Crippen molar-refractivity contribution in [3.8, 4) is 0 Å². The zero-order chi connectivity index (χ0) is 15.4. The maximum atomic E-state index is 6.04. The SMILES string of the molecule is CCC1CCCCN1CCNc1ccnc2cc(Cl)ccc12. The van der Waals surface area contributed by atoms with Crippen LogP contribution in [0.1, 0.15) is 32.6 Å². The van der Waals surface area contributed by atoms with Gasteiger partial charge in [0.2, 0.25) is 0 Å². The number of pyridine rings is 1. The topological polar surface area (TPSA) is 28.2 Å². The second-order valence-electron chi connectivity index (χ2n) is 6.04. The molecule has 22 heavy (non-hydrogen) atoms. The van der Waals surface area contributed by atoms with Crippen molar-refractivity contribution in [2.45, 2.75) is 38.6 Å². The number of aromatic nitrogens is 1. The van der Waals surface area contributed by atoms with Gasteiger partial charge < -0.3 is 5.32 Å². The molecule has 1 aliphatic rings. The van der Waals surface area contributed by atoms with Gasteiger partial charge in [-0.3, -0.25) is 9.88 Å². The molecule has 2 heterocycles. The highest BCUT2D eigenvalue weighted by atomic mass is 35.5. The van der Waals surface area contributed by atoms with E-state index in [0.717, 1.165) is 40.7 Å². The first kappa shape index (κ1) is 15.6. The Morgan fingerprint density at radius 1 is 1.32 bits per heavy atom. The molecule has 0 spiro atoms. The molecule has 1 aromatic heterocycles. The number of piperidine rings is 1. The van der Waals surface area contributed by atoms with E-state index in [1.165, 1.54) is 32.2 Å². The Balaban J connectivity index is 1.64. The molecule has 1 atom stereocenters. The van der Waals surface area contributed by atoms with E-state index in [0.29, 0.717) is 0 Å². The van der Waals surface area contributed by atoms with Gasteiger partial charge in [0, 0.05) is 41.4 Å². The number of halogens is 1. The lowest BCUT2D eigenvalue weighted by atomic mass is 10.0. The summed E-state index contributed by atoms with van der Waals surface area (Å²) in [6.07, 6.45) is 7.19. The molecule has 1 N–H and O–H groups in total. The average molecular weight is 318 g/mol. The van der Waals surface area contributed by atoms with E-state index < -0.39 is 0 Å². The number of likely N-dealkylation sites (tertiary alicyclic amines) is 1. The Labute approximate surface area is 137 Å². The Kier molecular flexibility index (Phi) is 5.16. The normalized spacial score (nSPS) is 19.5. The molecular formula is C18H24ClN3. The van der Waals surface area contributed by atoms with Gasteiger partial charge in [0.15, 0.2) is 0 Å². The lowest BCUT2D eigenvalue weighted by molar-refractivity contribution is 0.150. The van der Waals surface area contributed by atoms with Crippen molar-refractivity contribution >= 4 is 28.2 Å². The molecule has 3 nitrogen and oxygen atoms in total. The van der Waals surface area contributed by atoms with E-state index in [9.17, 15) is 0 Å². The fourth-order valence-corrected chi connectivity index (χ4v) is 3.59. The van der Waals surface area contributed by atoms with Crippen LogP contribution in [0.5, 0.6) is 0 Å². The number of hydrogen-bond donors (Lipinski definition) is 1. The summed E-state index contributed by atoms with van der Waals surface area (Å²) >= 11 is 6.04. The van der Waals surface area contributed by atoms with Crippen LogP contribution in [0, 0.1) is 0 Å². The van der Waals surface area contributed by atoms with E-state index in [4.69, 9.17) is 11.6 Å². The number of benzene rings is 1. The Morgan fingerprint density at radius 3 is 3.09 bits per heavy atom. The number of hydrogen-bond acceptors (Lipinski definition) is 3. The Hall–Kier alpha value is -1.32. The molecule has 0 aliphatic carbocycles. The summed E-state index contributed by atoms with van der Waals surface area (Å²) < 4.78 is 0. The molecule has 2 aromatic rings. The van der Waals surface area contributed by atoms with E-state index >= 15 is 0 Å². The maximum absolute atomic E-state index is 6.04. The average Bonchev–Trinajstić information content (AvgIpc) is 2.55. The fourth-order valence-electron chi connectivity index (χ4n) is 3.43. The van der Waals surface area contributed by atoms with Gasteiger partial charge in [-0.2, -0.15) is 0 Å². The molecule has 0 amide bonds. The van der Waals surface area contributed by atoms with Crippen LogP contribution in [-0.2, 0) is 0 Å². The molecule has 0 radical (unpaired) electrons. The highest BCUT2D eigenvalue weighted by Gasteiger charge is 2.19. The zero-order valence-electron chi connectivity index (χ0n) is 13.2. The van der Waals surface area contributed by atoms with Gasteiger partial charge in [-0.05, 0) is 50.1 Å². The van der Waals surface area contributed by atoms with Crippen molar-refractivity contribution in [1.29, 1.82) is 0 Å². The molecule has 0 saturated carbocycles. The van der Waals surface area contributed by atoms with Crippen molar-refractivity contribution in [3.05, 3.63) is 35.5 Å². The van der Waals surface area contributed by atoms with Crippen LogP contribution in [0.15, 0.2) is 30.5 Å². The van der Waals surface area contributed by atoms with Crippen molar-refractivity contribution in [3.63, 3.8) is 0 Å². The molecule has 3 rings (SSSR count). The third-order valence-corrected chi connectivity index (χ3v) is 4.87. The quantitative estimate of drug-likeness (QED) is 0.876. The molecule has 4 heteroatoms. The number of anilines is 1. The first-order valence-corrected chi connectivity index (χ1v) is 8.68. The second-order valence-corrected chi connectivity index (χ2v) is 6.48. The Morgan fingerprint density at radius 2 is 2.23 bits per heavy atom. The number of nitrogens with zero attached hydrogens (tertiary/aromatic N) is 2. The first-order chi connectivity index (χ1) is 10.8. The Bertz CT molecular complexity index is 629. The predicted molar refractivity (Wildman–Crippen MR) is 94.7 cm³/mol. The molecule has 1 aliphatic heterocycles. The third kappa shape index (κ3) is 3.53. The largest absolute Gasteiger partial charge is 0.383 e. The maximum Gasteiger partial charge on any atom is 0.0737 e. The summed E-state index contributed by atoms with van der Waals surface area (Å²) in [5.74, 6) is 0. The summed E-state index contributed by atoms with van der Waals surface area (Å²) in [5.41, 5.74) is 2.09. The van der Waals surface area contributed by atoms with Gasteiger partial charge in [-0.15, -0.1) is 0 Å². The lowest BCUT2D eigenvalue weighted by Gasteiger charge is -2.35. The molecule has 0 bridgehead atoms. The number of fused-ring (bicyclic) bond motifs is 1. The summed E-state index contributed by atoms with van der Waals surface area (Å²) in [7, 11) is 0. The van der Waals surface area contributed by atoms with Gasteiger partial charge in [0.25, 0.3) is 0 Å². The molecule has 1 saturated heterocycles.